The third-order valence-corrected chi connectivity index (χ3v) is 4.01. The van der Waals surface area contributed by atoms with Crippen LogP contribution < -0.4 is 4.90 Å². The van der Waals surface area contributed by atoms with Gasteiger partial charge in [0.2, 0.25) is 0 Å². The summed E-state index contributed by atoms with van der Waals surface area (Å²) in [6, 6.07) is 22.3. The van der Waals surface area contributed by atoms with E-state index in [-0.39, 0.29) is 0 Å². The predicted octanol–water partition coefficient (Wildman–Crippen LogP) is 5.16. The largest absolute Gasteiger partial charge is 0.338 e. The minimum Gasteiger partial charge on any atom is -0.338 e. The second kappa shape index (κ2) is 5.92. The third kappa shape index (κ3) is 2.81. The fourth-order valence-electron chi connectivity index (χ4n) is 3.09. The van der Waals surface area contributed by atoms with Crippen LogP contribution >= 0.6 is 0 Å². The van der Waals surface area contributed by atoms with Crippen LogP contribution in [-0.4, -0.2) is 6.04 Å². The van der Waals surface area contributed by atoms with Crippen molar-refractivity contribution in [3.05, 3.63) is 60.7 Å². The van der Waals surface area contributed by atoms with Gasteiger partial charge < -0.3 is 4.90 Å². The van der Waals surface area contributed by atoms with Gasteiger partial charge >= 0.3 is 0 Å². The molecule has 0 atom stereocenters. The van der Waals surface area contributed by atoms with Crippen LogP contribution in [-0.2, 0) is 0 Å². The molecule has 1 nitrogen and oxygen atoms in total. The zero-order chi connectivity index (χ0) is 12.9. The number of para-hydroxylation sites is 2. The average Bonchev–Trinajstić information content (AvgIpc) is 2.51. The quantitative estimate of drug-likeness (QED) is 0.728. The van der Waals surface area contributed by atoms with Crippen LogP contribution in [0, 0.1) is 0 Å². The maximum Gasteiger partial charge on any atom is 0.0413 e. The van der Waals surface area contributed by atoms with E-state index in [0.717, 1.165) is 0 Å². The van der Waals surface area contributed by atoms with Gasteiger partial charge in [-0.15, -0.1) is 0 Å². The van der Waals surface area contributed by atoms with Gasteiger partial charge in [0.05, 0.1) is 0 Å². The Morgan fingerprint density at radius 1 is 0.632 bits per heavy atom. The van der Waals surface area contributed by atoms with E-state index in [4.69, 9.17) is 0 Å². The predicted molar refractivity (Wildman–Crippen MR) is 81.9 cm³/mol. The molecule has 1 fully saturated rings. The van der Waals surface area contributed by atoms with Crippen LogP contribution in [0.15, 0.2) is 60.7 Å². The highest BCUT2D eigenvalue weighted by atomic mass is 15.2. The molecular formula is C18H21N. The van der Waals surface area contributed by atoms with Crippen LogP contribution in [0.25, 0.3) is 0 Å². The van der Waals surface area contributed by atoms with Crippen molar-refractivity contribution in [2.45, 2.75) is 38.1 Å². The summed E-state index contributed by atoms with van der Waals surface area (Å²) in [5, 5.41) is 0. The molecular weight excluding hydrogens is 230 g/mol. The lowest BCUT2D eigenvalue weighted by molar-refractivity contribution is 0.436. The monoisotopic (exact) mass is 251 g/mol. The molecule has 2 aromatic rings. The van der Waals surface area contributed by atoms with Gasteiger partial charge in [-0.1, -0.05) is 55.7 Å². The third-order valence-electron chi connectivity index (χ3n) is 4.01. The van der Waals surface area contributed by atoms with Crippen LogP contribution in [0.4, 0.5) is 11.4 Å². The van der Waals surface area contributed by atoms with Crippen LogP contribution in [0.1, 0.15) is 32.1 Å². The van der Waals surface area contributed by atoms with E-state index >= 15 is 0 Å². The zero-order valence-corrected chi connectivity index (χ0v) is 11.3. The summed E-state index contributed by atoms with van der Waals surface area (Å²) in [7, 11) is 0. The summed E-state index contributed by atoms with van der Waals surface area (Å²) in [5.74, 6) is 0. The maximum atomic E-state index is 2.53. The first-order valence-electron chi connectivity index (χ1n) is 7.34. The molecule has 3 rings (SSSR count). The number of nitrogens with zero attached hydrogens (tertiary/aromatic N) is 1. The van der Waals surface area contributed by atoms with Crippen LogP contribution in [0.2, 0.25) is 0 Å². The molecule has 0 aliphatic heterocycles. The lowest BCUT2D eigenvalue weighted by Crippen LogP contribution is -2.32. The minimum absolute atomic E-state index is 0.651. The van der Waals surface area contributed by atoms with Crippen molar-refractivity contribution in [3.63, 3.8) is 0 Å². The van der Waals surface area contributed by atoms with Gasteiger partial charge in [0, 0.05) is 17.4 Å². The zero-order valence-electron chi connectivity index (χ0n) is 11.3. The lowest BCUT2D eigenvalue weighted by Gasteiger charge is -2.36. The standard InChI is InChI=1S/C18H21N/c1-4-10-16(11-5-1)19(17-12-6-2-7-13-17)18-14-8-3-9-15-18/h1-2,4-7,10-13,18H,3,8-9,14-15H2. The molecule has 0 bridgehead atoms. The Labute approximate surface area is 115 Å². The normalized spacial score (nSPS) is 16.2. The van der Waals surface area contributed by atoms with E-state index in [1.54, 1.807) is 0 Å². The Morgan fingerprint density at radius 3 is 1.58 bits per heavy atom. The van der Waals surface area contributed by atoms with Crippen molar-refractivity contribution in [1.82, 2.24) is 0 Å². The van der Waals surface area contributed by atoms with Gasteiger partial charge in [0.15, 0.2) is 0 Å². The summed E-state index contributed by atoms with van der Waals surface area (Å²) in [6.07, 6.45) is 6.74. The highest BCUT2D eigenvalue weighted by Gasteiger charge is 2.22. The first-order chi connectivity index (χ1) is 9.45. The number of hydrogen-bond donors (Lipinski definition) is 0. The average molecular weight is 251 g/mol. The fourth-order valence-corrected chi connectivity index (χ4v) is 3.09. The number of benzene rings is 2. The fraction of sp³-hybridized carbons (Fsp3) is 0.333. The van der Waals surface area contributed by atoms with Gasteiger partial charge in [0.1, 0.15) is 0 Å². The molecule has 0 N–H and O–H groups in total. The van der Waals surface area contributed by atoms with Gasteiger partial charge in [-0.3, -0.25) is 0 Å². The summed E-state index contributed by atoms with van der Waals surface area (Å²) in [6.45, 7) is 0. The van der Waals surface area contributed by atoms with Gasteiger partial charge in [-0.05, 0) is 37.1 Å². The first-order valence-corrected chi connectivity index (χ1v) is 7.34. The van der Waals surface area contributed by atoms with Crippen LogP contribution in [0.5, 0.6) is 0 Å². The summed E-state index contributed by atoms with van der Waals surface area (Å²) < 4.78 is 0. The Morgan fingerprint density at radius 2 is 1.11 bits per heavy atom. The number of hydrogen-bond acceptors (Lipinski definition) is 1. The van der Waals surface area contributed by atoms with Gasteiger partial charge in [-0.2, -0.15) is 0 Å². The molecule has 1 saturated carbocycles. The van der Waals surface area contributed by atoms with E-state index in [9.17, 15) is 0 Å². The second-order valence-electron chi connectivity index (χ2n) is 5.33. The van der Waals surface area contributed by atoms with Crippen molar-refractivity contribution in [2.24, 2.45) is 0 Å². The van der Waals surface area contributed by atoms with Gasteiger partial charge in [0.25, 0.3) is 0 Å². The Bertz CT molecular complexity index is 446. The Hall–Kier alpha value is -1.76. The molecule has 0 aromatic heterocycles. The van der Waals surface area contributed by atoms with Crippen molar-refractivity contribution in [2.75, 3.05) is 4.90 Å². The summed E-state index contributed by atoms with van der Waals surface area (Å²) in [4.78, 5) is 2.53. The van der Waals surface area contributed by atoms with E-state index < -0.39 is 0 Å². The summed E-state index contributed by atoms with van der Waals surface area (Å²) >= 11 is 0. The molecule has 1 aliphatic rings. The number of rotatable bonds is 3. The van der Waals surface area contributed by atoms with Crippen molar-refractivity contribution < 1.29 is 0 Å². The number of anilines is 2. The topological polar surface area (TPSA) is 3.24 Å². The molecule has 0 spiro atoms. The van der Waals surface area contributed by atoms with Crippen molar-refractivity contribution in [3.8, 4) is 0 Å². The molecule has 0 unspecified atom stereocenters. The molecule has 19 heavy (non-hydrogen) atoms. The smallest absolute Gasteiger partial charge is 0.0413 e. The molecule has 1 aliphatic carbocycles. The Kier molecular flexibility index (Phi) is 3.83. The van der Waals surface area contributed by atoms with Crippen molar-refractivity contribution in [1.29, 1.82) is 0 Å². The summed E-state index contributed by atoms with van der Waals surface area (Å²) in [5.41, 5.74) is 2.64. The second-order valence-corrected chi connectivity index (χ2v) is 5.33. The highest BCUT2D eigenvalue weighted by Crippen LogP contribution is 2.33. The van der Waals surface area contributed by atoms with E-state index in [1.807, 2.05) is 0 Å². The molecule has 0 radical (unpaired) electrons. The Balaban J connectivity index is 1.96. The highest BCUT2D eigenvalue weighted by molar-refractivity contribution is 5.64. The minimum atomic E-state index is 0.651. The molecule has 0 amide bonds. The van der Waals surface area contributed by atoms with E-state index in [0.29, 0.717) is 6.04 Å². The van der Waals surface area contributed by atoms with E-state index in [2.05, 4.69) is 65.6 Å². The van der Waals surface area contributed by atoms with Crippen molar-refractivity contribution >= 4 is 11.4 Å². The van der Waals surface area contributed by atoms with Crippen LogP contribution in [0.3, 0.4) is 0 Å². The first kappa shape index (κ1) is 12.3. The SMILES string of the molecule is c1ccc(N(c2ccccc2)C2CCCCC2)cc1. The molecule has 2 aromatic carbocycles. The maximum absolute atomic E-state index is 2.53. The molecule has 98 valence electrons. The van der Waals surface area contributed by atoms with E-state index in [1.165, 1.54) is 43.5 Å². The lowest BCUT2D eigenvalue weighted by atomic mass is 9.93. The molecule has 0 heterocycles. The molecule has 0 saturated heterocycles. The molecule has 1 heteroatoms. The van der Waals surface area contributed by atoms with Gasteiger partial charge in [-0.25, -0.2) is 0 Å².